The highest BCUT2D eigenvalue weighted by Crippen LogP contribution is 2.29. The molecule has 5 heteroatoms. The van der Waals surface area contributed by atoms with Crippen molar-refractivity contribution in [3.63, 3.8) is 0 Å². The van der Waals surface area contributed by atoms with Crippen LogP contribution in [0.25, 0.3) is 0 Å². The number of rotatable bonds is 3. The minimum atomic E-state index is -0.349. The average Bonchev–Trinajstić information content (AvgIpc) is 2.35. The molecule has 0 atom stereocenters. The minimum absolute atomic E-state index is 0.0740. The molecule has 0 spiro atoms. The number of fused-ring (bicyclic) bond motifs is 1. The zero-order valence-electron chi connectivity index (χ0n) is 9.59. The van der Waals surface area contributed by atoms with Gasteiger partial charge in [-0.2, -0.15) is 0 Å². The number of carbonyl (C=O) groups is 1. The molecule has 0 radical (unpaired) electrons. The van der Waals surface area contributed by atoms with E-state index in [4.69, 9.17) is 9.47 Å². The van der Waals surface area contributed by atoms with Crippen LogP contribution in [0.1, 0.15) is 24.5 Å². The molecule has 1 N–H and O–H groups in total. The van der Waals surface area contributed by atoms with Gasteiger partial charge in [0.05, 0.1) is 6.61 Å². The predicted octanol–water partition coefficient (Wildman–Crippen LogP) is 1.72. The molecule has 2 rings (SSSR count). The molecular weight excluding hydrogens is 225 g/mol. The molecule has 92 valence electrons. The molecule has 0 fully saturated rings. The van der Waals surface area contributed by atoms with Crippen molar-refractivity contribution in [1.82, 2.24) is 5.32 Å². The van der Waals surface area contributed by atoms with E-state index in [0.29, 0.717) is 29.9 Å². The SMILES string of the molecule is CCC(=O)NCc1cc(F)cc2c1OCOC2. The summed E-state index contributed by atoms with van der Waals surface area (Å²) in [4.78, 5) is 11.2. The van der Waals surface area contributed by atoms with Crippen LogP contribution in [0.4, 0.5) is 4.39 Å². The fourth-order valence-corrected chi connectivity index (χ4v) is 1.71. The molecule has 0 saturated carbocycles. The number of ether oxygens (including phenoxy) is 2. The van der Waals surface area contributed by atoms with Crippen LogP contribution in [0.15, 0.2) is 12.1 Å². The summed E-state index contributed by atoms with van der Waals surface area (Å²) in [6.45, 7) is 2.53. The summed E-state index contributed by atoms with van der Waals surface area (Å²) in [5.41, 5.74) is 1.32. The van der Waals surface area contributed by atoms with Gasteiger partial charge in [-0.25, -0.2) is 4.39 Å². The van der Waals surface area contributed by atoms with Crippen LogP contribution in [-0.4, -0.2) is 12.7 Å². The lowest BCUT2D eigenvalue weighted by molar-refractivity contribution is -0.120. The molecular formula is C12H14FNO3. The van der Waals surface area contributed by atoms with Crippen LogP contribution in [-0.2, 0) is 22.7 Å². The number of amides is 1. The van der Waals surface area contributed by atoms with E-state index in [1.807, 2.05) is 0 Å². The van der Waals surface area contributed by atoms with E-state index in [-0.39, 0.29) is 25.1 Å². The first-order chi connectivity index (χ1) is 8.20. The molecule has 1 aromatic rings. The van der Waals surface area contributed by atoms with Crippen molar-refractivity contribution >= 4 is 5.91 Å². The third-order valence-electron chi connectivity index (χ3n) is 2.55. The van der Waals surface area contributed by atoms with Crippen LogP contribution >= 0.6 is 0 Å². The molecule has 0 aliphatic carbocycles. The van der Waals surface area contributed by atoms with Gasteiger partial charge in [-0.05, 0) is 12.1 Å². The van der Waals surface area contributed by atoms with Gasteiger partial charge < -0.3 is 14.8 Å². The largest absolute Gasteiger partial charge is 0.467 e. The highest BCUT2D eigenvalue weighted by molar-refractivity contribution is 5.75. The first kappa shape index (κ1) is 11.9. The lowest BCUT2D eigenvalue weighted by Gasteiger charge is -2.21. The molecule has 17 heavy (non-hydrogen) atoms. The molecule has 0 bridgehead atoms. The van der Waals surface area contributed by atoms with E-state index in [0.717, 1.165) is 0 Å². The maximum atomic E-state index is 13.3. The number of nitrogens with one attached hydrogen (secondary N) is 1. The number of hydrogen-bond donors (Lipinski definition) is 1. The zero-order valence-corrected chi connectivity index (χ0v) is 9.59. The lowest BCUT2D eigenvalue weighted by Crippen LogP contribution is -2.23. The molecule has 1 heterocycles. The molecule has 4 nitrogen and oxygen atoms in total. The number of benzene rings is 1. The summed E-state index contributed by atoms with van der Waals surface area (Å²) in [5, 5.41) is 2.70. The smallest absolute Gasteiger partial charge is 0.219 e. The summed E-state index contributed by atoms with van der Waals surface area (Å²) in [7, 11) is 0. The molecule has 1 aliphatic rings. The summed E-state index contributed by atoms with van der Waals surface area (Å²) in [5.74, 6) is 0.197. The van der Waals surface area contributed by atoms with Crippen molar-refractivity contribution in [2.45, 2.75) is 26.5 Å². The van der Waals surface area contributed by atoms with Gasteiger partial charge >= 0.3 is 0 Å². The Morgan fingerprint density at radius 1 is 1.53 bits per heavy atom. The van der Waals surface area contributed by atoms with E-state index >= 15 is 0 Å². The number of halogens is 1. The monoisotopic (exact) mass is 239 g/mol. The second-order valence-corrected chi connectivity index (χ2v) is 3.79. The molecule has 1 aromatic carbocycles. The van der Waals surface area contributed by atoms with Crippen LogP contribution in [0.5, 0.6) is 5.75 Å². The Morgan fingerprint density at radius 2 is 2.35 bits per heavy atom. The van der Waals surface area contributed by atoms with Gasteiger partial charge in [0, 0.05) is 24.1 Å². The van der Waals surface area contributed by atoms with Crippen molar-refractivity contribution in [3.8, 4) is 5.75 Å². The fourth-order valence-electron chi connectivity index (χ4n) is 1.71. The van der Waals surface area contributed by atoms with E-state index in [9.17, 15) is 9.18 Å². The third-order valence-corrected chi connectivity index (χ3v) is 2.55. The van der Waals surface area contributed by atoms with Crippen molar-refractivity contribution in [3.05, 3.63) is 29.1 Å². The lowest BCUT2D eigenvalue weighted by atomic mass is 10.1. The quantitative estimate of drug-likeness (QED) is 0.873. The highest BCUT2D eigenvalue weighted by Gasteiger charge is 2.17. The zero-order chi connectivity index (χ0) is 12.3. The summed E-state index contributed by atoms with van der Waals surface area (Å²) in [6, 6.07) is 2.76. The van der Waals surface area contributed by atoms with Gasteiger partial charge in [0.1, 0.15) is 11.6 Å². The van der Waals surface area contributed by atoms with Crippen molar-refractivity contribution in [1.29, 1.82) is 0 Å². The molecule has 1 aliphatic heterocycles. The third kappa shape index (κ3) is 2.74. The fraction of sp³-hybridized carbons (Fsp3) is 0.417. The standard InChI is InChI=1S/C12H14FNO3/c1-2-11(15)14-5-8-3-10(13)4-9-6-16-7-17-12(8)9/h3-4H,2,5-7H2,1H3,(H,14,15). The van der Waals surface area contributed by atoms with Gasteiger partial charge in [-0.15, -0.1) is 0 Å². The topological polar surface area (TPSA) is 47.6 Å². The van der Waals surface area contributed by atoms with Crippen molar-refractivity contribution in [2.24, 2.45) is 0 Å². The van der Waals surface area contributed by atoms with E-state index in [2.05, 4.69) is 5.32 Å². The van der Waals surface area contributed by atoms with Gasteiger partial charge in [-0.3, -0.25) is 4.79 Å². The van der Waals surface area contributed by atoms with Gasteiger partial charge in [0.25, 0.3) is 0 Å². The Labute approximate surface area is 98.7 Å². The van der Waals surface area contributed by atoms with Gasteiger partial charge in [0.2, 0.25) is 5.91 Å². The van der Waals surface area contributed by atoms with E-state index in [1.165, 1.54) is 12.1 Å². The van der Waals surface area contributed by atoms with Crippen molar-refractivity contribution in [2.75, 3.05) is 6.79 Å². The van der Waals surface area contributed by atoms with E-state index < -0.39 is 0 Å². The van der Waals surface area contributed by atoms with Gasteiger partial charge in [-0.1, -0.05) is 6.92 Å². The second-order valence-electron chi connectivity index (χ2n) is 3.79. The predicted molar refractivity (Wildman–Crippen MR) is 58.8 cm³/mol. The molecule has 0 aromatic heterocycles. The number of carbonyl (C=O) groups excluding carboxylic acids is 1. The molecule has 0 unspecified atom stereocenters. The Hall–Kier alpha value is -1.62. The molecule has 0 saturated heterocycles. The maximum absolute atomic E-state index is 13.3. The maximum Gasteiger partial charge on any atom is 0.219 e. The van der Waals surface area contributed by atoms with Crippen LogP contribution in [0.2, 0.25) is 0 Å². The summed E-state index contributed by atoms with van der Waals surface area (Å²) in [6.07, 6.45) is 0.404. The second kappa shape index (κ2) is 5.14. The Morgan fingerprint density at radius 3 is 3.12 bits per heavy atom. The van der Waals surface area contributed by atoms with E-state index in [1.54, 1.807) is 6.92 Å². The Kier molecular flexibility index (Phi) is 3.58. The minimum Gasteiger partial charge on any atom is -0.467 e. The highest BCUT2D eigenvalue weighted by atomic mass is 19.1. The van der Waals surface area contributed by atoms with Crippen molar-refractivity contribution < 1.29 is 18.7 Å². The van der Waals surface area contributed by atoms with Crippen LogP contribution < -0.4 is 10.1 Å². The van der Waals surface area contributed by atoms with Crippen LogP contribution in [0.3, 0.4) is 0 Å². The first-order valence-corrected chi connectivity index (χ1v) is 5.49. The summed E-state index contributed by atoms with van der Waals surface area (Å²) >= 11 is 0. The van der Waals surface area contributed by atoms with Gasteiger partial charge in [0.15, 0.2) is 6.79 Å². The average molecular weight is 239 g/mol. The Bertz CT molecular complexity index is 434. The number of hydrogen-bond acceptors (Lipinski definition) is 3. The summed E-state index contributed by atoms with van der Waals surface area (Å²) < 4.78 is 23.7. The Balaban J connectivity index is 2.20. The van der Waals surface area contributed by atoms with Crippen LogP contribution in [0, 0.1) is 5.82 Å². The normalized spacial score (nSPS) is 13.8. The first-order valence-electron chi connectivity index (χ1n) is 5.49. The molecule has 1 amide bonds.